The summed E-state index contributed by atoms with van der Waals surface area (Å²) in [6.45, 7) is 2.02. The number of aliphatic imine (C=N–C) groups is 1. The highest BCUT2D eigenvalue weighted by Crippen LogP contribution is 2.53. The Balaban J connectivity index is 1.70. The van der Waals surface area contributed by atoms with E-state index in [1.165, 1.54) is 23.7 Å². The quantitative estimate of drug-likeness (QED) is 0.376. The Morgan fingerprint density at radius 3 is 2.55 bits per heavy atom. The molecule has 0 aliphatic heterocycles. The lowest BCUT2D eigenvalue weighted by atomic mass is 9.92. The van der Waals surface area contributed by atoms with E-state index < -0.39 is 0 Å². The van der Waals surface area contributed by atoms with Gasteiger partial charge in [-0.3, -0.25) is 9.71 Å². The molecule has 1 aliphatic rings. The number of nitrogens with two attached hydrogens (primary N) is 1. The second kappa shape index (κ2) is 9.22. The average Bonchev–Trinajstić information content (AvgIpc) is 3.61. The van der Waals surface area contributed by atoms with Crippen LogP contribution in [-0.2, 0) is 5.41 Å². The van der Waals surface area contributed by atoms with E-state index in [0.717, 1.165) is 34.8 Å². The molecule has 7 heteroatoms. The minimum absolute atomic E-state index is 0.105. The Kier molecular flexibility index (Phi) is 6.23. The summed E-state index contributed by atoms with van der Waals surface area (Å²) < 4.78 is 9.35. The second-order valence-corrected chi connectivity index (χ2v) is 8.27. The van der Waals surface area contributed by atoms with Gasteiger partial charge < -0.3 is 10.5 Å². The lowest BCUT2D eigenvalue weighted by molar-refractivity contribution is 0.457. The zero-order valence-corrected chi connectivity index (χ0v) is 18.4. The SMILES string of the molecule is CN=C/C(=C\N)SNc1nc(Oc2ccccc2C)cc(C2(c3ccccc3)CC2)n1. The van der Waals surface area contributed by atoms with Gasteiger partial charge in [-0.15, -0.1) is 0 Å². The zero-order valence-electron chi connectivity index (χ0n) is 17.6. The first kappa shape index (κ1) is 20.9. The molecule has 158 valence electrons. The number of ether oxygens (including phenoxy) is 1. The van der Waals surface area contributed by atoms with Gasteiger partial charge in [-0.05, 0) is 48.9 Å². The fourth-order valence-electron chi connectivity index (χ4n) is 3.46. The van der Waals surface area contributed by atoms with Crippen LogP contribution in [0.1, 0.15) is 29.7 Å². The molecule has 1 saturated carbocycles. The molecule has 0 bridgehead atoms. The van der Waals surface area contributed by atoms with Crippen molar-refractivity contribution in [3.05, 3.63) is 88.6 Å². The van der Waals surface area contributed by atoms with Crippen molar-refractivity contribution in [1.29, 1.82) is 0 Å². The van der Waals surface area contributed by atoms with Crippen LogP contribution in [0.25, 0.3) is 0 Å². The minimum Gasteiger partial charge on any atom is -0.439 e. The van der Waals surface area contributed by atoms with E-state index >= 15 is 0 Å². The van der Waals surface area contributed by atoms with Crippen molar-refractivity contribution in [1.82, 2.24) is 9.97 Å². The molecule has 0 unspecified atom stereocenters. The van der Waals surface area contributed by atoms with E-state index in [1.54, 1.807) is 13.3 Å². The zero-order chi connectivity index (χ0) is 21.7. The Bertz CT molecular complexity index is 1110. The number of para-hydroxylation sites is 1. The second-order valence-electron chi connectivity index (χ2n) is 7.39. The number of hydrogen-bond acceptors (Lipinski definition) is 7. The minimum atomic E-state index is -0.105. The molecule has 0 saturated heterocycles. The van der Waals surface area contributed by atoms with Gasteiger partial charge in [-0.1, -0.05) is 48.5 Å². The molecule has 1 aromatic heterocycles. The largest absolute Gasteiger partial charge is 0.439 e. The highest BCUT2D eigenvalue weighted by atomic mass is 32.2. The van der Waals surface area contributed by atoms with Crippen LogP contribution in [-0.4, -0.2) is 23.2 Å². The van der Waals surface area contributed by atoms with E-state index in [1.807, 2.05) is 43.3 Å². The van der Waals surface area contributed by atoms with Crippen molar-refractivity contribution in [3.63, 3.8) is 0 Å². The van der Waals surface area contributed by atoms with E-state index in [4.69, 9.17) is 15.5 Å². The predicted octanol–water partition coefficient (Wildman–Crippen LogP) is 5.22. The molecular formula is C24H25N5OS. The maximum Gasteiger partial charge on any atom is 0.236 e. The van der Waals surface area contributed by atoms with Gasteiger partial charge in [-0.25, -0.2) is 4.98 Å². The number of nitrogens with zero attached hydrogens (tertiary/aromatic N) is 3. The predicted molar refractivity (Wildman–Crippen MR) is 128 cm³/mol. The lowest BCUT2D eigenvalue weighted by Crippen LogP contribution is -2.13. The summed E-state index contributed by atoms with van der Waals surface area (Å²) in [6, 6.07) is 20.3. The third-order valence-corrected chi connectivity index (χ3v) is 6.02. The summed E-state index contributed by atoms with van der Waals surface area (Å²) in [5.74, 6) is 1.75. The Morgan fingerprint density at radius 1 is 1.13 bits per heavy atom. The Hall–Kier alpha value is -3.32. The van der Waals surface area contributed by atoms with Gasteiger partial charge in [0.05, 0.1) is 10.6 Å². The van der Waals surface area contributed by atoms with E-state index in [-0.39, 0.29) is 5.41 Å². The smallest absolute Gasteiger partial charge is 0.236 e. The number of aromatic nitrogens is 2. The van der Waals surface area contributed by atoms with Gasteiger partial charge in [0.2, 0.25) is 11.8 Å². The van der Waals surface area contributed by atoms with Crippen LogP contribution >= 0.6 is 11.9 Å². The van der Waals surface area contributed by atoms with Crippen molar-refractivity contribution < 1.29 is 4.74 Å². The van der Waals surface area contributed by atoms with Crippen molar-refractivity contribution in [3.8, 4) is 11.6 Å². The van der Waals surface area contributed by atoms with Crippen LogP contribution in [0.15, 0.2) is 76.8 Å². The first-order valence-electron chi connectivity index (χ1n) is 10.1. The molecule has 0 amide bonds. The van der Waals surface area contributed by atoms with Crippen LogP contribution < -0.4 is 15.2 Å². The number of anilines is 1. The third kappa shape index (κ3) is 4.72. The maximum atomic E-state index is 6.16. The van der Waals surface area contributed by atoms with Crippen LogP contribution in [0.2, 0.25) is 0 Å². The van der Waals surface area contributed by atoms with Gasteiger partial charge in [0.1, 0.15) is 5.75 Å². The van der Waals surface area contributed by atoms with Crippen LogP contribution in [0.3, 0.4) is 0 Å². The number of hydrogen-bond donors (Lipinski definition) is 2. The molecule has 6 nitrogen and oxygen atoms in total. The summed E-state index contributed by atoms with van der Waals surface area (Å²) in [6.07, 6.45) is 5.26. The fraction of sp³-hybridized carbons (Fsp3) is 0.208. The molecule has 0 radical (unpaired) electrons. The normalized spacial score (nSPS) is 15.1. The van der Waals surface area contributed by atoms with Gasteiger partial charge in [0.25, 0.3) is 0 Å². The fourth-order valence-corrected chi connectivity index (χ4v) is 3.99. The molecule has 4 rings (SSSR count). The number of nitrogens with one attached hydrogen (secondary N) is 1. The summed E-state index contributed by atoms with van der Waals surface area (Å²) in [5.41, 5.74) is 8.82. The molecule has 1 aliphatic carbocycles. The highest BCUT2D eigenvalue weighted by Gasteiger charge is 2.47. The lowest BCUT2D eigenvalue weighted by Gasteiger charge is -2.18. The van der Waals surface area contributed by atoms with Crippen LogP contribution in [0.5, 0.6) is 11.6 Å². The van der Waals surface area contributed by atoms with Crippen molar-refractivity contribution in [2.75, 3.05) is 11.8 Å². The van der Waals surface area contributed by atoms with Gasteiger partial charge >= 0.3 is 0 Å². The van der Waals surface area contributed by atoms with Gasteiger partial charge in [0.15, 0.2) is 0 Å². The first-order chi connectivity index (χ1) is 15.1. The first-order valence-corrected chi connectivity index (χ1v) is 10.9. The molecule has 3 aromatic rings. The Labute approximate surface area is 186 Å². The molecule has 1 fully saturated rings. The van der Waals surface area contributed by atoms with E-state index in [0.29, 0.717) is 11.8 Å². The number of rotatable bonds is 8. The third-order valence-electron chi connectivity index (χ3n) is 5.26. The number of aryl methyl sites for hydroxylation is 1. The molecule has 3 N–H and O–H groups in total. The number of allylic oxidation sites excluding steroid dienone is 1. The van der Waals surface area contributed by atoms with Crippen molar-refractivity contribution in [2.24, 2.45) is 10.7 Å². The van der Waals surface area contributed by atoms with Crippen molar-refractivity contribution >= 4 is 24.1 Å². The highest BCUT2D eigenvalue weighted by molar-refractivity contribution is 8.05. The summed E-state index contributed by atoms with van der Waals surface area (Å²) >= 11 is 1.31. The molecule has 2 aromatic carbocycles. The molecule has 0 spiro atoms. The summed E-state index contributed by atoms with van der Waals surface area (Å²) in [7, 11) is 1.70. The molecule has 0 atom stereocenters. The van der Waals surface area contributed by atoms with Gasteiger partial charge in [-0.2, -0.15) is 4.98 Å². The van der Waals surface area contributed by atoms with Crippen LogP contribution in [0.4, 0.5) is 5.95 Å². The topological polar surface area (TPSA) is 85.4 Å². The van der Waals surface area contributed by atoms with E-state index in [9.17, 15) is 0 Å². The average molecular weight is 432 g/mol. The standard InChI is InChI=1S/C24H25N5OS/c1-17-8-6-7-11-20(17)30-22-14-21(24(12-13-24)18-9-4-3-5-10-18)27-23(28-22)29-31-19(15-25)16-26-2/h3-11,14-16H,12-13,25H2,1-2H3,(H,27,28,29)/b19-15+,26-16?. The molecule has 31 heavy (non-hydrogen) atoms. The van der Waals surface area contributed by atoms with Crippen molar-refractivity contribution in [2.45, 2.75) is 25.2 Å². The van der Waals surface area contributed by atoms with E-state index in [2.05, 4.69) is 39.0 Å². The summed E-state index contributed by atoms with van der Waals surface area (Å²) in [4.78, 5) is 14.2. The Morgan fingerprint density at radius 2 is 1.87 bits per heavy atom. The van der Waals surface area contributed by atoms with Gasteiger partial charge in [0, 0.05) is 30.9 Å². The maximum absolute atomic E-state index is 6.16. The summed E-state index contributed by atoms with van der Waals surface area (Å²) in [5, 5.41) is 0. The number of benzene rings is 2. The monoisotopic (exact) mass is 431 g/mol. The molecule has 1 heterocycles. The molecular weight excluding hydrogens is 406 g/mol. The van der Waals surface area contributed by atoms with Crippen LogP contribution in [0, 0.1) is 6.92 Å².